The molecule has 3 aromatic rings. The molecule has 0 aliphatic rings. The second-order valence-corrected chi connectivity index (χ2v) is 9.19. The Hall–Kier alpha value is -2.15. The predicted molar refractivity (Wildman–Crippen MR) is 115 cm³/mol. The zero-order valence-electron chi connectivity index (χ0n) is 15.7. The smallest absolute Gasteiger partial charge is 0.247 e. The van der Waals surface area contributed by atoms with Crippen LogP contribution in [0.2, 0.25) is 0 Å². The molecule has 0 bridgehead atoms. The number of hydrogen-bond acceptors (Lipinski definition) is 3. The number of ether oxygens (including phenoxy) is 1. The zero-order valence-corrected chi connectivity index (χ0v) is 18.2. The van der Waals surface area contributed by atoms with Crippen molar-refractivity contribution in [3.05, 3.63) is 94.5 Å². The van der Waals surface area contributed by atoms with Crippen LogP contribution in [-0.2, 0) is 16.6 Å². The molecule has 0 aromatic heterocycles. The highest BCUT2D eigenvalue weighted by Crippen LogP contribution is 2.35. The Labute approximate surface area is 175 Å². The maximum atomic E-state index is 13.7. The van der Waals surface area contributed by atoms with Crippen molar-refractivity contribution >= 4 is 26.0 Å². The lowest BCUT2D eigenvalue weighted by atomic mass is 10.1. The van der Waals surface area contributed by atoms with E-state index in [1.54, 1.807) is 18.2 Å². The zero-order chi connectivity index (χ0) is 20.1. The van der Waals surface area contributed by atoms with Crippen LogP contribution in [0.4, 0.5) is 0 Å². The van der Waals surface area contributed by atoms with Gasteiger partial charge >= 0.3 is 0 Å². The van der Waals surface area contributed by atoms with E-state index >= 15 is 0 Å². The number of benzene rings is 3. The molecule has 3 aromatic carbocycles. The molecular weight excluding hydrogens is 438 g/mol. The predicted octanol–water partition coefficient (Wildman–Crippen LogP) is 5.41. The molecule has 28 heavy (non-hydrogen) atoms. The molecule has 0 unspecified atom stereocenters. The van der Waals surface area contributed by atoms with E-state index in [4.69, 9.17) is 4.74 Å². The minimum absolute atomic E-state index is 0.142. The van der Waals surface area contributed by atoms with Crippen molar-refractivity contribution in [2.45, 2.75) is 24.4 Å². The van der Waals surface area contributed by atoms with Crippen molar-refractivity contribution in [2.24, 2.45) is 0 Å². The Balaban J connectivity index is 2.11. The third-order valence-corrected chi connectivity index (χ3v) is 7.04. The van der Waals surface area contributed by atoms with E-state index in [2.05, 4.69) is 15.9 Å². The standard InChI is InChI=1S/C22H22BrNO3S/c1-17(19-11-7-4-8-12-19)24(16-18-9-5-3-6-10-18)28(25,26)22-15-20(23)13-14-21(22)27-2/h3-15,17H,16H2,1-2H3/t17-/m1/s1. The van der Waals surface area contributed by atoms with Gasteiger partial charge < -0.3 is 4.74 Å². The van der Waals surface area contributed by atoms with E-state index in [0.717, 1.165) is 11.1 Å². The highest BCUT2D eigenvalue weighted by atomic mass is 79.9. The molecule has 0 saturated carbocycles. The van der Waals surface area contributed by atoms with Crippen LogP contribution in [0.15, 0.2) is 88.2 Å². The molecule has 3 rings (SSSR count). The highest BCUT2D eigenvalue weighted by Gasteiger charge is 2.32. The first-order valence-electron chi connectivity index (χ1n) is 8.87. The maximum absolute atomic E-state index is 13.7. The Bertz CT molecular complexity index is 1020. The summed E-state index contributed by atoms with van der Waals surface area (Å²) in [4.78, 5) is 0.142. The van der Waals surface area contributed by atoms with Gasteiger partial charge in [-0.3, -0.25) is 0 Å². The lowest BCUT2D eigenvalue weighted by molar-refractivity contribution is 0.332. The van der Waals surface area contributed by atoms with Crippen LogP contribution < -0.4 is 4.74 Å². The summed E-state index contributed by atoms with van der Waals surface area (Å²) in [5.74, 6) is 0.321. The van der Waals surface area contributed by atoms with Gasteiger partial charge in [0.25, 0.3) is 0 Å². The van der Waals surface area contributed by atoms with Crippen molar-refractivity contribution < 1.29 is 13.2 Å². The molecule has 1 atom stereocenters. The summed E-state index contributed by atoms with van der Waals surface area (Å²) in [6.45, 7) is 2.16. The van der Waals surface area contributed by atoms with Gasteiger partial charge in [0.05, 0.1) is 7.11 Å². The van der Waals surface area contributed by atoms with Crippen LogP contribution >= 0.6 is 15.9 Å². The van der Waals surface area contributed by atoms with Crippen molar-refractivity contribution in [2.75, 3.05) is 7.11 Å². The Morgan fingerprint density at radius 2 is 1.57 bits per heavy atom. The summed E-state index contributed by atoms with van der Waals surface area (Å²) in [5.41, 5.74) is 1.85. The molecule has 0 aliphatic carbocycles. The quantitative estimate of drug-likeness (QED) is 0.474. The first-order valence-corrected chi connectivity index (χ1v) is 11.1. The molecule has 0 aliphatic heterocycles. The van der Waals surface area contributed by atoms with Crippen molar-refractivity contribution in [1.29, 1.82) is 0 Å². The SMILES string of the molecule is COc1ccc(Br)cc1S(=O)(=O)N(Cc1ccccc1)[C@H](C)c1ccccc1. The molecule has 146 valence electrons. The summed E-state index contributed by atoms with van der Waals surface area (Å²) in [6, 6.07) is 23.9. The third kappa shape index (κ3) is 4.46. The van der Waals surface area contributed by atoms with Gasteiger partial charge in [-0.2, -0.15) is 4.31 Å². The summed E-state index contributed by atoms with van der Waals surface area (Å²) in [5, 5.41) is 0. The summed E-state index contributed by atoms with van der Waals surface area (Å²) in [6.07, 6.45) is 0. The fraction of sp³-hybridized carbons (Fsp3) is 0.182. The fourth-order valence-corrected chi connectivity index (χ4v) is 5.37. The van der Waals surface area contributed by atoms with Crippen LogP contribution in [-0.4, -0.2) is 19.8 Å². The number of rotatable bonds is 7. The lowest BCUT2D eigenvalue weighted by Gasteiger charge is -2.29. The van der Waals surface area contributed by atoms with E-state index < -0.39 is 10.0 Å². The van der Waals surface area contributed by atoms with Gasteiger partial charge in [-0.05, 0) is 36.2 Å². The lowest BCUT2D eigenvalue weighted by Crippen LogP contribution is -2.33. The van der Waals surface area contributed by atoms with Crippen LogP contribution in [0.25, 0.3) is 0 Å². The Morgan fingerprint density at radius 1 is 0.964 bits per heavy atom. The number of sulfonamides is 1. The minimum atomic E-state index is -3.83. The first-order chi connectivity index (χ1) is 13.4. The van der Waals surface area contributed by atoms with Gasteiger partial charge in [-0.1, -0.05) is 76.6 Å². The molecule has 4 nitrogen and oxygen atoms in total. The van der Waals surface area contributed by atoms with Gasteiger partial charge in [0.2, 0.25) is 10.0 Å². The number of halogens is 1. The number of hydrogen-bond donors (Lipinski definition) is 0. The van der Waals surface area contributed by atoms with Crippen molar-refractivity contribution in [1.82, 2.24) is 4.31 Å². The molecule has 0 amide bonds. The molecule has 0 saturated heterocycles. The molecule has 0 fully saturated rings. The minimum Gasteiger partial charge on any atom is -0.495 e. The Morgan fingerprint density at radius 3 is 2.18 bits per heavy atom. The van der Waals surface area contributed by atoms with Crippen LogP contribution in [0.3, 0.4) is 0 Å². The van der Waals surface area contributed by atoms with Crippen LogP contribution in [0.1, 0.15) is 24.1 Å². The molecule has 6 heteroatoms. The topological polar surface area (TPSA) is 46.6 Å². The molecule has 0 N–H and O–H groups in total. The van der Waals surface area contributed by atoms with Gasteiger partial charge in [0.1, 0.15) is 10.6 Å². The molecule has 0 spiro atoms. The van der Waals surface area contributed by atoms with E-state index in [0.29, 0.717) is 10.2 Å². The van der Waals surface area contributed by atoms with Gasteiger partial charge in [0.15, 0.2) is 0 Å². The number of methoxy groups -OCH3 is 1. The molecule has 0 radical (unpaired) electrons. The second-order valence-electron chi connectivity index (χ2n) is 6.42. The average molecular weight is 460 g/mol. The summed E-state index contributed by atoms with van der Waals surface area (Å²) >= 11 is 3.38. The van der Waals surface area contributed by atoms with E-state index in [1.165, 1.54) is 11.4 Å². The molecule has 0 heterocycles. The maximum Gasteiger partial charge on any atom is 0.247 e. The summed E-state index contributed by atoms with van der Waals surface area (Å²) in [7, 11) is -2.36. The molecular formula is C22H22BrNO3S. The van der Waals surface area contributed by atoms with Gasteiger partial charge in [-0.15, -0.1) is 0 Å². The van der Waals surface area contributed by atoms with E-state index in [9.17, 15) is 8.42 Å². The summed E-state index contributed by atoms with van der Waals surface area (Å²) < 4.78 is 35.0. The normalized spacial score (nSPS) is 12.7. The van der Waals surface area contributed by atoms with Crippen molar-refractivity contribution in [3.63, 3.8) is 0 Å². The second kappa shape index (κ2) is 8.90. The van der Waals surface area contributed by atoms with Crippen molar-refractivity contribution in [3.8, 4) is 5.75 Å². The van der Waals surface area contributed by atoms with E-state index in [1.807, 2.05) is 67.6 Å². The largest absolute Gasteiger partial charge is 0.495 e. The highest BCUT2D eigenvalue weighted by molar-refractivity contribution is 9.10. The third-order valence-electron chi connectivity index (χ3n) is 4.61. The number of nitrogens with zero attached hydrogens (tertiary/aromatic N) is 1. The first kappa shape index (κ1) is 20.6. The average Bonchev–Trinajstić information content (AvgIpc) is 2.72. The Kier molecular flexibility index (Phi) is 6.54. The van der Waals surface area contributed by atoms with Gasteiger partial charge in [0, 0.05) is 17.1 Å². The van der Waals surface area contributed by atoms with E-state index in [-0.39, 0.29) is 17.5 Å². The van der Waals surface area contributed by atoms with Crippen LogP contribution in [0, 0.1) is 0 Å². The van der Waals surface area contributed by atoms with Crippen LogP contribution in [0.5, 0.6) is 5.75 Å². The van der Waals surface area contributed by atoms with Gasteiger partial charge in [-0.25, -0.2) is 8.42 Å². The monoisotopic (exact) mass is 459 g/mol. The fourth-order valence-electron chi connectivity index (χ4n) is 3.07.